The predicted molar refractivity (Wildman–Crippen MR) is 109 cm³/mol. The molecule has 0 heterocycles. The number of nitrogens with two attached hydrogens (primary N) is 1. The van der Waals surface area contributed by atoms with Crippen LogP contribution < -0.4 is 5.73 Å². The third kappa shape index (κ3) is 6.62. The molecule has 5 heteroatoms. The Labute approximate surface area is 161 Å². The number of aliphatic imine (C=N–C) groups is 1. The van der Waals surface area contributed by atoms with Crippen LogP contribution in [0.25, 0.3) is 0 Å². The second-order valence-corrected chi connectivity index (χ2v) is 6.32. The van der Waals surface area contributed by atoms with Crippen molar-refractivity contribution in [1.29, 1.82) is 0 Å². The van der Waals surface area contributed by atoms with Crippen LogP contribution in [-0.4, -0.2) is 44.4 Å². The van der Waals surface area contributed by atoms with Crippen LogP contribution in [0.3, 0.4) is 0 Å². The molecular weight excluding hydrogens is 341 g/mol. The number of likely N-dealkylation sites (N-methyl/N-ethyl adjacent to an activating group) is 1. The van der Waals surface area contributed by atoms with Gasteiger partial charge in [-0.2, -0.15) is 0 Å². The van der Waals surface area contributed by atoms with E-state index in [0.29, 0.717) is 17.9 Å². The van der Waals surface area contributed by atoms with Crippen molar-refractivity contribution in [2.45, 2.75) is 12.5 Å². The maximum atomic E-state index is 14.3. The number of benzene rings is 2. The zero-order chi connectivity index (χ0) is 19.5. The topological polar surface area (TPSA) is 50.9 Å². The monoisotopic (exact) mass is 369 g/mol. The van der Waals surface area contributed by atoms with Crippen LogP contribution in [0.5, 0.6) is 0 Å². The fourth-order valence-electron chi connectivity index (χ4n) is 2.80. The number of nitrogens with zero attached hydrogens (tertiary/aromatic N) is 2. The molecule has 0 spiro atoms. The molecule has 0 aliphatic rings. The van der Waals surface area contributed by atoms with Crippen LogP contribution in [0.2, 0.25) is 0 Å². The number of hydrogen-bond donors (Lipinski definition) is 1. The average molecular weight is 369 g/mol. The Morgan fingerprint density at radius 3 is 2.52 bits per heavy atom. The Balaban J connectivity index is 1.94. The largest absolute Gasteiger partial charge is 0.405 e. The van der Waals surface area contributed by atoms with Crippen LogP contribution in [-0.2, 0) is 11.2 Å². The second kappa shape index (κ2) is 11.3. The van der Waals surface area contributed by atoms with Crippen LogP contribution in [0, 0.1) is 5.82 Å². The SMILES string of the molecule is CN=C(C=CN)C(OCCN(C)CCc1ccccc1)c1ccccc1F. The summed E-state index contributed by atoms with van der Waals surface area (Å²) in [6.07, 6.45) is 3.44. The van der Waals surface area contributed by atoms with Gasteiger partial charge in [-0.15, -0.1) is 0 Å². The molecule has 0 fully saturated rings. The molecule has 1 unspecified atom stereocenters. The van der Waals surface area contributed by atoms with Gasteiger partial charge in [0.2, 0.25) is 0 Å². The highest BCUT2D eigenvalue weighted by molar-refractivity contribution is 5.99. The molecule has 0 bridgehead atoms. The highest BCUT2D eigenvalue weighted by atomic mass is 19.1. The van der Waals surface area contributed by atoms with E-state index in [-0.39, 0.29) is 5.82 Å². The Morgan fingerprint density at radius 2 is 1.85 bits per heavy atom. The summed E-state index contributed by atoms with van der Waals surface area (Å²) in [4.78, 5) is 6.42. The van der Waals surface area contributed by atoms with Gasteiger partial charge < -0.3 is 15.4 Å². The highest BCUT2D eigenvalue weighted by Crippen LogP contribution is 2.23. The van der Waals surface area contributed by atoms with E-state index in [1.54, 1.807) is 31.3 Å². The van der Waals surface area contributed by atoms with Crippen molar-refractivity contribution in [2.24, 2.45) is 10.7 Å². The van der Waals surface area contributed by atoms with Gasteiger partial charge in [0.1, 0.15) is 11.9 Å². The van der Waals surface area contributed by atoms with Gasteiger partial charge in [-0.1, -0.05) is 48.5 Å². The van der Waals surface area contributed by atoms with Crippen molar-refractivity contribution in [3.8, 4) is 0 Å². The molecule has 0 saturated carbocycles. The molecule has 0 radical (unpaired) electrons. The van der Waals surface area contributed by atoms with Crippen molar-refractivity contribution < 1.29 is 9.13 Å². The molecule has 0 aliphatic heterocycles. The van der Waals surface area contributed by atoms with Gasteiger partial charge in [-0.3, -0.25) is 4.99 Å². The van der Waals surface area contributed by atoms with Gasteiger partial charge in [0, 0.05) is 25.7 Å². The lowest BCUT2D eigenvalue weighted by atomic mass is 10.0. The minimum absolute atomic E-state index is 0.313. The van der Waals surface area contributed by atoms with Gasteiger partial charge in [-0.05, 0) is 37.4 Å². The van der Waals surface area contributed by atoms with Crippen molar-refractivity contribution in [3.05, 3.63) is 83.8 Å². The lowest BCUT2D eigenvalue weighted by Gasteiger charge is -2.22. The van der Waals surface area contributed by atoms with Gasteiger partial charge in [0.05, 0.1) is 12.3 Å². The Bertz CT molecular complexity index is 746. The Morgan fingerprint density at radius 1 is 1.15 bits per heavy atom. The summed E-state index contributed by atoms with van der Waals surface area (Å²) in [7, 11) is 3.71. The van der Waals surface area contributed by atoms with Crippen molar-refractivity contribution in [1.82, 2.24) is 4.90 Å². The van der Waals surface area contributed by atoms with Gasteiger partial charge in [0.25, 0.3) is 0 Å². The summed E-state index contributed by atoms with van der Waals surface area (Å²) in [5.41, 5.74) is 7.87. The molecule has 2 N–H and O–H groups in total. The van der Waals surface area contributed by atoms with Crippen LogP contribution in [0.15, 0.2) is 71.9 Å². The first kappa shape index (κ1) is 20.8. The molecular formula is C22H28FN3O. The lowest BCUT2D eigenvalue weighted by molar-refractivity contribution is 0.0790. The fraction of sp³-hybridized carbons (Fsp3) is 0.318. The highest BCUT2D eigenvalue weighted by Gasteiger charge is 2.20. The number of rotatable bonds is 10. The van der Waals surface area contributed by atoms with Crippen LogP contribution >= 0.6 is 0 Å². The third-order valence-corrected chi connectivity index (χ3v) is 4.36. The summed E-state index contributed by atoms with van der Waals surface area (Å²) < 4.78 is 20.3. The molecule has 1 atom stereocenters. The van der Waals surface area contributed by atoms with E-state index in [9.17, 15) is 4.39 Å². The molecule has 0 amide bonds. The molecule has 0 aliphatic carbocycles. The van der Waals surface area contributed by atoms with Crippen molar-refractivity contribution in [2.75, 3.05) is 33.8 Å². The number of hydrogen-bond acceptors (Lipinski definition) is 4. The quantitative estimate of drug-likeness (QED) is 0.651. The molecule has 0 aromatic heterocycles. The van der Waals surface area contributed by atoms with E-state index in [0.717, 1.165) is 19.5 Å². The lowest BCUT2D eigenvalue weighted by Crippen LogP contribution is -2.27. The molecule has 4 nitrogen and oxygen atoms in total. The molecule has 2 aromatic carbocycles. The molecule has 144 valence electrons. The van der Waals surface area contributed by atoms with E-state index in [1.165, 1.54) is 17.8 Å². The van der Waals surface area contributed by atoms with E-state index in [1.807, 2.05) is 18.2 Å². The maximum Gasteiger partial charge on any atom is 0.129 e. The predicted octanol–water partition coefficient (Wildman–Crippen LogP) is 3.60. The van der Waals surface area contributed by atoms with Crippen LogP contribution in [0.4, 0.5) is 4.39 Å². The van der Waals surface area contributed by atoms with E-state index >= 15 is 0 Å². The zero-order valence-electron chi connectivity index (χ0n) is 16.0. The van der Waals surface area contributed by atoms with Gasteiger partial charge in [-0.25, -0.2) is 4.39 Å². The molecule has 0 saturated heterocycles. The maximum absolute atomic E-state index is 14.3. The summed E-state index contributed by atoms with van der Waals surface area (Å²) >= 11 is 0. The van der Waals surface area contributed by atoms with Gasteiger partial charge >= 0.3 is 0 Å². The number of ether oxygens (including phenoxy) is 1. The number of halogens is 1. The first-order valence-electron chi connectivity index (χ1n) is 9.09. The Hall–Kier alpha value is -2.50. The normalized spacial score (nSPS) is 13.4. The minimum Gasteiger partial charge on any atom is -0.405 e. The summed E-state index contributed by atoms with van der Waals surface area (Å²) in [6, 6.07) is 17.0. The summed E-state index contributed by atoms with van der Waals surface area (Å²) in [5, 5.41) is 0. The summed E-state index contributed by atoms with van der Waals surface area (Å²) in [5.74, 6) is -0.313. The fourth-order valence-corrected chi connectivity index (χ4v) is 2.80. The minimum atomic E-state index is -0.585. The molecule has 2 rings (SSSR count). The standard InChI is InChI=1S/C22H28FN3O/c1-25-21(12-14-24)22(19-10-6-7-11-20(19)23)27-17-16-26(2)15-13-18-8-4-3-5-9-18/h3-12,14,22H,13,15-17,24H2,1-2H3. The van der Waals surface area contributed by atoms with E-state index in [4.69, 9.17) is 10.5 Å². The third-order valence-electron chi connectivity index (χ3n) is 4.36. The van der Waals surface area contributed by atoms with Gasteiger partial charge in [0.15, 0.2) is 0 Å². The zero-order valence-corrected chi connectivity index (χ0v) is 16.0. The van der Waals surface area contributed by atoms with E-state index < -0.39 is 6.10 Å². The van der Waals surface area contributed by atoms with Crippen LogP contribution in [0.1, 0.15) is 17.2 Å². The van der Waals surface area contributed by atoms with Crippen molar-refractivity contribution >= 4 is 5.71 Å². The molecule has 2 aromatic rings. The first-order valence-corrected chi connectivity index (χ1v) is 9.09. The smallest absolute Gasteiger partial charge is 0.129 e. The Kier molecular flexibility index (Phi) is 8.68. The average Bonchev–Trinajstić information content (AvgIpc) is 2.70. The van der Waals surface area contributed by atoms with Crippen molar-refractivity contribution in [3.63, 3.8) is 0 Å². The van der Waals surface area contributed by atoms with E-state index in [2.05, 4.69) is 29.1 Å². The first-order chi connectivity index (χ1) is 13.2. The molecule has 27 heavy (non-hydrogen) atoms. The summed E-state index contributed by atoms with van der Waals surface area (Å²) in [6.45, 7) is 2.12. The second-order valence-electron chi connectivity index (χ2n) is 6.32.